The summed E-state index contributed by atoms with van der Waals surface area (Å²) in [5, 5.41) is 3.40. The van der Waals surface area contributed by atoms with Gasteiger partial charge in [-0.25, -0.2) is 8.42 Å². The third-order valence-electron chi connectivity index (χ3n) is 4.37. The zero-order chi connectivity index (χ0) is 14.5. The van der Waals surface area contributed by atoms with Gasteiger partial charge in [0, 0.05) is 24.9 Å². The molecule has 3 unspecified atom stereocenters. The average molecular weight is 290 g/mol. The van der Waals surface area contributed by atoms with E-state index in [-0.39, 0.29) is 5.75 Å². The number of sulfone groups is 1. The van der Waals surface area contributed by atoms with Crippen molar-refractivity contribution in [2.24, 2.45) is 5.92 Å². The number of rotatable bonds is 7. The number of hydrogen-bond acceptors (Lipinski definition) is 4. The molecule has 1 aliphatic rings. The smallest absolute Gasteiger partial charge is 0.148 e. The zero-order valence-electron chi connectivity index (χ0n) is 12.9. The first-order valence-electron chi connectivity index (χ1n) is 7.42. The van der Waals surface area contributed by atoms with E-state index in [1.165, 1.54) is 38.4 Å². The molecule has 4 nitrogen and oxygen atoms in total. The van der Waals surface area contributed by atoms with E-state index in [2.05, 4.69) is 24.2 Å². The van der Waals surface area contributed by atoms with Crippen molar-refractivity contribution < 1.29 is 8.42 Å². The second-order valence-electron chi connectivity index (χ2n) is 6.04. The van der Waals surface area contributed by atoms with Crippen LogP contribution in [-0.2, 0) is 9.84 Å². The van der Waals surface area contributed by atoms with Crippen molar-refractivity contribution >= 4 is 9.84 Å². The molecular formula is C14H30N2O2S. The number of likely N-dealkylation sites (N-methyl/N-ethyl adjacent to an activating group) is 2. The second-order valence-corrected chi connectivity index (χ2v) is 8.30. The molecule has 0 aromatic rings. The minimum atomic E-state index is -2.87. The van der Waals surface area contributed by atoms with Gasteiger partial charge in [-0.15, -0.1) is 0 Å². The maximum absolute atomic E-state index is 11.3. The molecule has 1 N–H and O–H groups in total. The third-order valence-corrected chi connectivity index (χ3v) is 5.30. The predicted molar refractivity (Wildman–Crippen MR) is 81.2 cm³/mol. The van der Waals surface area contributed by atoms with Crippen molar-refractivity contribution in [3.05, 3.63) is 0 Å². The third kappa shape index (κ3) is 5.79. The maximum Gasteiger partial charge on any atom is 0.148 e. The molecule has 19 heavy (non-hydrogen) atoms. The fraction of sp³-hybridized carbons (Fsp3) is 1.00. The molecule has 0 aromatic carbocycles. The SMILES string of the molecule is CCCC1CCC(NC)C(N(C)CCS(C)(=O)=O)C1. The summed E-state index contributed by atoms with van der Waals surface area (Å²) in [7, 11) is 1.21. The number of nitrogens with zero attached hydrogens (tertiary/aromatic N) is 1. The van der Waals surface area contributed by atoms with Gasteiger partial charge in [0.2, 0.25) is 0 Å². The Hall–Kier alpha value is -0.130. The van der Waals surface area contributed by atoms with Crippen molar-refractivity contribution in [2.45, 2.75) is 51.1 Å². The van der Waals surface area contributed by atoms with Crippen LogP contribution in [0.5, 0.6) is 0 Å². The van der Waals surface area contributed by atoms with Crippen LogP contribution in [-0.4, -0.2) is 58.1 Å². The standard InChI is InChI=1S/C14H30N2O2S/c1-5-6-12-7-8-13(15-2)14(11-12)16(3)9-10-19(4,17)18/h12-15H,5-11H2,1-4H3. The van der Waals surface area contributed by atoms with Gasteiger partial charge in [0.25, 0.3) is 0 Å². The highest BCUT2D eigenvalue weighted by atomic mass is 32.2. The summed E-state index contributed by atoms with van der Waals surface area (Å²) in [6.45, 7) is 2.88. The molecule has 1 fully saturated rings. The summed E-state index contributed by atoms with van der Waals surface area (Å²) in [6.07, 6.45) is 7.56. The Labute approximate surface area is 118 Å². The minimum Gasteiger partial charge on any atom is -0.315 e. The van der Waals surface area contributed by atoms with Crippen LogP contribution in [0.1, 0.15) is 39.0 Å². The number of nitrogens with one attached hydrogen (secondary N) is 1. The Morgan fingerprint density at radius 3 is 2.53 bits per heavy atom. The summed E-state index contributed by atoms with van der Waals surface area (Å²) >= 11 is 0. The predicted octanol–water partition coefficient (Wildman–Crippen LogP) is 1.52. The summed E-state index contributed by atoms with van der Waals surface area (Å²) < 4.78 is 22.6. The van der Waals surface area contributed by atoms with Crippen molar-refractivity contribution in [2.75, 3.05) is 32.6 Å². The van der Waals surface area contributed by atoms with Crippen molar-refractivity contribution in [3.8, 4) is 0 Å². The fourth-order valence-electron chi connectivity index (χ4n) is 3.20. The van der Waals surface area contributed by atoms with Gasteiger partial charge < -0.3 is 10.2 Å². The summed E-state index contributed by atoms with van der Waals surface area (Å²) in [5.74, 6) is 1.06. The Kier molecular flexibility index (Phi) is 6.77. The lowest BCUT2D eigenvalue weighted by Gasteiger charge is -2.41. The lowest BCUT2D eigenvalue weighted by Crippen LogP contribution is -2.52. The number of hydrogen-bond donors (Lipinski definition) is 1. The molecule has 1 rings (SSSR count). The van der Waals surface area contributed by atoms with Crippen LogP contribution in [0.4, 0.5) is 0 Å². The monoisotopic (exact) mass is 290 g/mol. The highest BCUT2D eigenvalue weighted by Gasteiger charge is 2.31. The van der Waals surface area contributed by atoms with Crippen molar-refractivity contribution in [3.63, 3.8) is 0 Å². The van der Waals surface area contributed by atoms with Crippen LogP contribution < -0.4 is 5.32 Å². The lowest BCUT2D eigenvalue weighted by atomic mass is 9.79. The van der Waals surface area contributed by atoms with Crippen molar-refractivity contribution in [1.82, 2.24) is 10.2 Å². The summed E-state index contributed by atoms with van der Waals surface area (Å²) in [6, 6.07) is 0.967. The quantitative estimate of drug-likeness (QED) is 0.772. The maximum atomic E-state index is 11.3. The van der Waals surface area contributed by atoms with Gasteiger partial charge in [-0.2, -0.15) is 0 Å². The van der Waals surface area contributed by atoms with Gasteiger partial charge in [-0.05, 0) is 39.3 Å². The molecule has 1 aliphatic carbocycles. The molecule has 0 aromatic heterocycles. The van der Waals surface area contributed by atoms with E-state index >= 15 is 0 Å². The van der Waals surface area contributed by atoms with Crippen LogP contribution >= 0.6 is 0 Å². The van der Waals surface area contributed by atoms with E-state index in [4.69, 9.17) is 0 Å². The van der Waals surface area contributed by atoms with Gasteiger partial charge >= 0.3 is 0 Å². The molecule has 0 radical (unpaired) electrons. The molecule has 0 heterocycles. The summed E-state index contributed by atoms with van der Waals surface area (Å²) in [5.41, 5.74) is 0. The normalized spacial score (nSPS) is 28.8. The molecule has 0 aliphatic heterocycles. The fourth-order valence-corrected chi connectivity index (χ4v) is 3.82. The van der Waals surface area contributed by atoms with Gasteiger partial charge in [-0.1, -0.05) is 19.8 Å². The highest BCUT2D eigenvalue weighted by molar-refractivity contribution is 7.90. The minimum absolute atomic E-state index is 0.259. The van der Waals surface area contributed by atoms with Crippen LogP contribution in [0.2, 0.25) is 0 Å². The van der Waals surface area contributed by atoms with Gasteiger partial charge in [-0.3, -0.25) is 0 Å². The Morgan fingerprint density at radius 1 is 1.32 bits per heavy atom. The van der Waals surface area contributed by atoms with Crippen LogP contribution in [0.25, 0.3) is 0 Å². The first kappa shape index (κ1) is 16.9. The van der Waals surface area contributed by atoms with Gasteiger partial charge in [0.1, 0.15) is 9.84 Å². The molecule has 0 bridgehead atoms. The lowest BCUT2D eigenvalue weighted by molar-refractivity contribution is 0.125. The molecule has 0 spiro atoms. The van der Waals surface area contributed by atoms with E-state index in [0.717, 1.165) is 5.92 Å². The van der Waals surface area contributed by atoms with E-state index < -0.39 is 9.84 Å². The largest absolute Gasteiger partial charge is 0.315 e. The first-order chi connectivity index (χ1) is 8.87. The van der Waals surface area contributed by atoms with E-state index in [1.807, 2.05) is 7.05 Å². The molecule has 3 atom stereocenters. The Bertz CT molecular complexity index is 356. The molecule has 1 saturated carbocycles. The van der Waals surface area contributed by atoms with Crippen LogP contribution in [0, 0.1) is 5.92 Å². The van der Waals surface area contributed by atoms with E-state index in [0.29, 0.717) is 18.6 Å². The molecule has 0 amide bonds. The zero-order valence-corrected chi connectivity index (χ0v) is 13.7. The van der Waals surface area contributed by atoms with E-state index in [1.54, 1.807) is 0 Å². The molecule has 114 valence electrons. The average Bonchev–Trinajstić information content (AvgIpc) is 2.35. The second kappa shape index (κ2) is 7.60. The molecule has 0 saturated heterocycles. The van der Waals surface area contributed by atoms with E-state index in [9.17, 15) is 8.42 Å². The first-order valence-corrected chi connectivity index (χ1v) is 9.48. The Balaban J connectivity index is 2.58. The van der Waals surface area contributed by atoms with Crippen LogP contribution in [0.15, 0.2) is 0 Å². The van der Waals surface area contributed by atoms with Gasteiger partial charge in [0.15, 0.2) is 0 Å². The molecular weight excluding hydrogens is 260 g/mol. The highest BCUT2D eigenvalue weighted by Crippen LogP contribution is 2.30. The Morgan fingerprint density at radius 2 is 2.00 bits per heavy atom. The van der Waals surface area contributed by atoms with Crippen molar-refractivity contribution in [1.29, 1.82) is 0 Å². The summed E-state index contributed by atoms with van der Waals surface area (Å²) in [4.78, 5) is 2.24. The van der Waals surface area contributed by atoms with Crippen LogP contribution in [0.3, 0.4) is 0 Å². The topological polar surface area (TPSA) is 49.4 Å². The van der Waals surface area contributed by atoms with Gasteiger partial charge in [0.05, 0.1) is 5.75 Å². The molecule has 5 heteroatoms.